The quantitative estimate of drug-likeness (QED) is 0.909. The second-order valence-corrected chi connectivity index (χ2v) is 5.87. The molecule has 3 rings (SSSR count). The van der Waals surface area contributed by atoms with Crippen LogP contribution >= 0.6 is 11.3 Å². The molecule has 1 aromatic carbocycles. The summed E-state index contributed by atoms with van der Waals surface area (Å²) in [7, 11) is 0. The first-order chi connectivity index (χ1) is 9.83. The molecule has 1 aliphatic rings. The van der Waals surface area contributed by atoms with Crippen LogP contribution in [0.5, 0.6) is 0 Å². The van der Waals surface area contributed by atoms with E-state index in [4.69, 9.17) is 4.74 Å². The number of thiophene rings is 1. The Hall–Kier alpha value is -1.59. The Labute approximate surface area is 122 Å². The largest absolute Gasteiger partial charge is 0.376 e. The molecule has 5 heteroatoms. The number of amides is 2. The molecule has 0 saturated carbocycles. The molecule has 0 spiro atoms. The summed E-state index contributed by atoms with van der Waals surface area (Å²) in [5, 5.41) is 9.09. The van der Waals surface area contributed by atoms with Crippen LogP contribution in [0.15, 0.2) is 29.6 Å². The van der Waals surface area contributed by atoms with Crippen LogP contribution in [0, 0.1) is 0 Å². The third-order valence-electron chi connectivity index (χ3n) is 3.51. The van der Waals surface area contributed by atoms with Gasteiger partial charge in [-0.3, -0.25) is 0 Å². The molecule has 106 valence electrons. The summed E-state index contributed by atoms with van der Waals surface area (Å²) in [6, 6.07) is 8.12. The summed E-state index contributed by atoms with van der Waals surface area (Å²) in [4.78, 5) is 11.8. The zero-order chi connectivity index (χ0) is 13.8. The average Bonchev–Trinajstić information content (AvgIpc) is 3.12. The average molecular weight is 290 g/mol. The number of hydrogen-bond donors (Lipinski definition) is 2. The normalized spacial score (nSPS) is 18.3. The predicted octanol–water partition coefficient (Wildman–Crippen LogP) is 2.88. The van der Waals surface area contributed by atoms with Crippen molar-refractivity contribution < 1.29 is 9.53 Å². The Morgan fingerprint density at radius 1 is 1.35 bits per heavy atom. The van der Waals surface area contributed by atoms with Crippen molar-refractivity contribution in [2.45, 2.75) is 25.5 Å². The van der Waals surface area contributed by atoms with Crippen LogP contribution in [0.3, 0.4) is 0 Å². The van der Waals surface area contributed by atoms with Gasteiger partial charge in [0.25, 0.3) is 0 Å². The molecular formula is C15H18N2O2S. The first kappa shape index (κ1) is 13.4. The molecule has 0 aliphatic carbocycles. The third-order valence-corrected chi connectivity index (χ3v) is 4.53. The lowest BCUT2D eigenvalue weighted by molar-refractivity contribution is 0.111. The highest BCUT2D eigenvalue weighted by Gasteiger charge is 2.16. The van der Waals surface area contributed by atoms with Gasteiger partial charge in [0.1, 0.15) is 0 Å². The van der Waals surface area contributed by atoms with E-state index in [1.807, 2.05) is 12.1 Å². The lowest BCUT2D eigenvalue weighted by Crippen LogP contribution is -2.39. The highest BCUT2D eigenvalue weighted by molar-refractivity contribution is 7.17. The first-order valence-electron chi connectivity index (χ1n) is 6.91. The number of nitrogens with one attached hydrogen (secondary N) is 2. The second kappa shape index (κ2) is 6.24. The fraction of sp³-hybridized carbons (Fsp3) is 0.400. The number of benzene rings is 1. The van der Waals surface area contributed by atoms with Gasteiger partial charge in [-0.1, -0.05) is 18.2 Å². The SMILES string of the molecule is O=C(NCc1csc2ccccc12)NC[C@H]1CCCO1. The van der Waals surface area contributed by atoms with Gasteiger partial charge < -0.3 is 15.4 Å². The maximum Gasteiger partial charge on any atom is 0.315 e. The molecule has 1 fully saturated rings. The Bertz CT molecular complexity index is 590. The van der Waals surface area contributed by atoms with E-state index in [-0.39, 0.29) is 12.1 Å². The molecule has 1 aromatic heterocycles. The predicted molar refractivity (Wildman–Crippen MR) is 81.0 cm³/mol. The maximum atomic E-state index is 11.8. The van der Waals surface area contributed by atoms with E-state index in [0.717, 1.165) is 25.0 Å². The number of carbonyl (C=O) groups is 1. The van der Waals surface area contributed by atoms with Crippen molar-refractivity contribution in [2.24, 2.45) is 0 Å². The van der Waals surface area contributed by atoms with Crippen LogP contribution in [-0.2, 0) is 11.3 Å². The molecule has 0 unspecified atom stereocenters. The minimum Gasteiger partial charge on any atom is -0.376 e. The first-order valence-corrected chi connectivity index (χ1v) is 7.79. The number of hydrogen-bond acceptors (Lipinski definition) is 3. The van der Waals surface area contributed by atoms with E-state index >= 15 is 0 Å². The molecule has 2 heterocycles. The van der Waals surface area contributed by atoms with E-state index in [0.29, 0.717) is 13.1 Å². The minimum absolute atomic E-state index is 0.129. The molecule has 2 amide bonds. The van der Waals surface area contributed by atoms with Crippen LogP contribution in [-0.4, -0.2) is 25.3 Å². The molecule has 0 bridgehead atoms. The van der Waals surface area contributed by atoms with Crippen LogP contribution < -0.4 is 10.6 Å². The van der Waals surface area contributed by atoms with Crippen molar-refractivity contribution in [1.29, 1.82) is 0 Å². The van der Waals surface area contributed by atoms with Crippen molar-refractivity contribution in [3.8, 4) is 0 Å². The molecule has 1 aliphatic heterocycles. The fourth-order valence-corrected chi connectivity index (χ4v) is 3.38. The third kappa shape index (κ3) is 3.11. The van der Waals surface area contributed by atoms with Gasteiger partial charge in [0, 0.05) is 24.4 Å². The molecule has 1 saturated heterocycles. The van der Waals surface area contributed by atoms with Crippen molar-refractivity contribution in [1.82, 2.24) is 10.6 Å². The van der Waals surface area contributed by atoms with E-state index in [1.54, 1.807) is 11.3 Å². The smallest absolute Gasteiger partial charge is 0.315 e. The molecule has 2 aromatic rings. The number of ether oxygens (including phenoxy) is 1. The van der Waals surface area contributed by atoms with Gasteiger partial charge in [-0.2, -0.15) is 0 Å². The van der Waals surface area contributed by atoms with Crippen LogP contribution in [0.4, 0.5) is 4.79 Å². The summed E-state index contributed by atoms with van der Waals surface area (Å²) < 4.78 is 6.72. The summed E-state index contributed by atoms with van der Waals surface area (Å²) in [5.41, 5.74) is 1.16. The summed E-state index contributed by atoms with van der Waals surface area (Å²) in [6.45, 7) is 1.96. The molecule has 1 atom stereocenters. The van der Waals surface area contributed by atoms with Crippen molar-refractivity contribution in [3.05, 3.63) is 35.2 Å². The van der Waals surface area contributed by atoms with Crippen LogP contribution in [0.25, 0.3) is 10.1 Å². The molecule has 20 heavy (non-hydrogen) atoms. The van der Waals surface area contributed by atoms with E-state index < -0.39 is 0 Å². The molecule has 2 N–H and O–H groups in total. The van der Waals surface area contributed by atoms with Gasteiger partial charge in [0.2, 0.25) is 0 Å². The van der Waals surface area contributed by atoms with Crippen LogP contribution in [0.2, 0.25) is 0 Å². The highest BCUT2D eigenvalue weighted by Crippen LogP contribution is 2.25. The number of urea groups is 1. The van der Waals surface area contributed by atoms with Crippen molar-refractivity contribution >= 4 is 27.5 Å². The molecule has 0 radical (unpaired) electrons. The highest BCUT2D eigenvalue weighted by atomic mass is 32.1. The number of fused-ring (bicyclic) bond motifs is 1. The van der Waals surface area contributed by atoms with Crippen molar-refractivity contribution in [2.75, 3.05) is 13.2 Å². The zero-order valence-electron chi connectivity index (χ0n) is 11.2. The summed E-state index contributed by atoms with van der Waals surface area (Å²) >= 11 is 1.71. The van der Waals surface area contributed by atoms with Gasteiger partial charge in [0.05, 0.1) is 6.10 Å². The summed E-state index contributed by atoms with van der Waals surface area (Å²) in [6.07, 6.45) is 2.31. The molecule has 4 nitrogen and oxygen atoms in total. The second-order valence-electron chi connectivity index (χ2n) is 4.96. The van der Waals surface area contributed by atoms with Gasteiger partial charge in [-0.05, 0) is 35.2 Å². The van der Waals surface area contributed by atoms with E-state index in [9.17, 15) is 4.79 Å². The van der Waals surface area contributed by atoms with Crippen LogP contribution in [0.1, 0.15) is 18.4 Å². The zero-order valence-corrected chi connectivity index (χ0v) is 12.0. The Balaban J connectivity index is 1.49. The Morgan fingerprint density at radius 2 is 2.25 bits per heavy atom. The standard InChI is InChI=1S/C15H18N2O2S/c18-15(17-9-12-4-3-7-19-12)16-8-11-10-20-14-6-2-1-5-13(11)14/h1-2,5-6,10,12H,3-4,7-9H2,(H2,16,17,18)/t12-/m1/s1. The minimum atomic E-state index is -0.129. The van der Waals surface area contributed by atoms with Crippen molar-refractivity contribution in [3.63, 3.8) is 0 Å². The van der Waals surface area contributed by atoms with Gasteiger partial charge >= 0.3 is 6.03 Å². The number of carbonyl (C=O) groups excluding carboxylic acids is 1. The summed E-state index contributed by atoms with van der Waals surface area (Å²) in [5.74, 6) is 0. The monoisotopic (exact) mass is 290 g/mol. The number of rotatable bonds is 4. The Morgan fingerprint density at radius 3 is 3.10 bits per heavy atom. The lowest BCUT2D eigenvalue weighted by Gasteiger charge is -2.11. The van der Waals surface area contributed by atoms with Gasteiger partial charge in [-0.15, -0.1) is 11.3 Å². The van der Waals surface area contributed by atoms with Gasteiger partial charge in [0.15, 0.2) is 0 Å². The van der Waals surface area contributed by atoms with Gasteiger partial charge in [-0.25, -0.2) is 4.79 Å². The topological polar surface area (TPSA) is 50.4 Å². The Kier molecular flexibility index (Phi) is 4.18. The fourth-order valence-electron chi connectivity index (χ4n) is 2.42. The lowest BCUT2D eigenvalue weighted by atomic mass is 10.2. The van der Waals surface area contributed by atoms with E-state index in [2.05, 4.69) is 28.1 Å². The molecular weight excluding hydrogens is 272 g/mol. The van der Waals surface area contributed by atoms with E-state index in [1.165, 1.54) is 10.1 Å². The maximum absolute atomic E-state index is 11.8.